The molecule has 0 saturated carbocycles. The third-order valence-electron chi connectivity index (χ3n) is 3.95. The highest BCUT2D eigenvalue weighted by Crippen LogP contribution is 2.20. The van der Waals surface area contributed by atoms with Crippen LogP contribution < -0.4 is 10.1 Å². The van der Waals surface area contributed by atoms with Crippen LogP contribution in [0, 0.1) is 0 Å². The van der Waals surface area contributed by atoms with Crippen molar-refractivity contribution in [2.45, 2.75) is 19.6 Å². The molecule has 1 amide bonds. The van der Waals surface area contributed by atoms with E-state index in [2.05, 4.69) is 15.2 Å². The Hall–Kier alpha value is -3.16. The Bertz CT molecular complexity index is 873. The molecule has 1 unspecified atom stereocenters. The van der Waals surface area contributed by atoms with Crippen LogP contribution in [0.25, 0.3) is 5.82 Å². The molecule has 2 heterocycles. The molecule has 26 heavy (non-hydrogen) atoms. The Balaban J connectivity index is 1.74. The van der Waals surface area contributed by atoms with E-state index >= 15 is 0 Å². The highest BCUT2D eigenvalue weighted by atomic mass is 19.3. The first-order valence-corrected chi connectivity index (χ1v) is 7.96. The molecule has 6 nitrogen and oxygen atoms in total. The number of aryl methyl sites for hydroxylation is 1. The molecule has 0 aliphatic heterocycles. The molecule has 1 N–H and O–H groups in total. The number of rotatable bonds is 6. The fourth-order valence-electron chi connectivity index (χ4n) is 2.67. The van der Waals surface area contributed by atoms with Gasteiger partial charge in [0, 0.05) is 19.4 Å². The molecule has 3 rings (SSSR count). The van der Waals surface area contributed by atoms with Crippen molar-refractivity contribution in [3.8, 4) is 11.6 Å². The summed E-state index contributed by atoms with van der Waals surface area (Å²) in [6, 6.07) is 9.57. The standard InChI is InChI=1S/C18H18F2N4O2/c1-12(13-5-7-14(8-6-13)26-18(19)20)22-16(25)15-11-21-23(2)17(15)24-9-3-4-10-24/h3-12,18H,1-2H3,(H,22,25). The molecule has 0 radical (unpaired) electrons. The largest absolute Gasteiger partial charge is 0.435 e. The van der Waals surface area contributed by atoms with Gasteiger partial charge in [-0.05, 0) is 36.8 Å². The first kappa shape index (κ1) is 17.7. The summed E-state index contributed by atoms with van der Waals surface area (Å²) in [7, 11) is 1.76. The Morgan fingerprint density at radius 1 is 1.19 bits per heavy atom. The summed E-state index contributed by atoms with van der Waals surface area (Å²) in [5.74, 6) is 0.451. The molecule has 0 saturated heterocycles. The van der Waals surface area contributed by atoms with Crippen LogP contribution in [0.5, 0.6) is 5.75 Å². The third kappa shape index (κ3) is 3.74. The Morgan fingerprint density at radius 2 is 1.85 bits per heavy atom. The highest BCUT2D eigenvalue weighted by Gasteiger charge is 2.19. The molecule has 1 aromatic carbocycles. The van der Waals surface area contributed by atoms with Crippen molar-refractivity contribution >= 4 is 5.91 Å². The van der Waals surface area contributed by atoms with E-state index < -0.39 is 6.61 Å². The number of benzene rings is 1. The molecule has 136 valence electrons. The third-order valence-corrected chi connectivity index (χ3v) is 3.95. The summed E-state index contributed by atoms with van der Waals surface area (Å²) in [4.78, 5) is 12.7. The number of hydrogen-bond donors (Lipinski definition) is 1. The van der Waals surface area contributed by atoms with Crippen LogP contribution in [0.2, 0.25) is 0 Å². The van der Waals surface area contributed by atoms with Crippen LogP contribution in [-0.4, -0.2) is 26.9 Å². The number of halogens is 2. The van der Waals surface area contributed by atoms with E-state index in [9.17, 15) is 13.6 Å². The predicted octanol–water partition coefficient (Wildman–Crippen LogP) is 3.30. The number of nitrogens with one attached hydrogen (secondary N) is 1. The number of aromatic nitrogens is 3. The minimum atomic E-state index is -2.87. The first-order chi connectivity index (χ1) is 12.5. The first-order valence-electron chi connectivity index (χ1n) is 7.96. The predicted molar refractivity (Wildman–Crippen MR) is 91.5 cm³/mol. The minimum Gasteiger partial charge on any atom is -0.435 e. The van der Waals surface area contributed by atoms with Gasteiger partial charge in [0.1, 0.15) is 17.1 Å². The molecule has 0 aliphatic carbocycles. The van der Waals surface area contributed by atoms with Gasteiger partial charge < -0.3 is 14.6 Å². The SMILES string of the molecule is CC(NC(=O)c1cnn(C)c1-n1cccc1)c1ccc(OC(F)F)cc1. The van der Waals surface area contributed by atoms with Crippen LogP contribution >= 0.6 is 0 Å². The zero-order chi connectivity index (χ0) is 18.7. The van der Waals surface area contributed by atoms with E-state index in [1.165, 1.54) is 18.3 Å². The van der Waals surface area contributed by atoms with Gasteiger partial charge in [-0.25, -0.2) is 0 Å². The van der Waals surface area contributed by atoms with E-state index in [1.54, 1.807) is 23.9 Å². The smallest absolute Gasteiger partial charge is 0.387 e. The van der Waals surface area contributed by atoms with Crippen LogP contribution in [0.4, 0.5) is 8.78 Å². The topological polar surface area (TPSA) is 61.1 Å². The Kier molecular flexibility index (Phi) is 5.01. The van der Waals surface area contributed by atoms with Gasteiger partial charge in [0.25, 0.3) is 5.91 Å². The fraction of sp³-hybridized carbons (Fsp3) is 0.222. The molecule has 8 heteroatoms. The van der Waals surface area contributed by atoms with Gasteiger partial charge in [-0.3, -0.25) is 9.48 Å². The summed E-state index contributed by atoms with van der Waals surface area (Å²) in [6.45, 7) is -1.05. The Labute approximate surface area is 149 Å². The highest BCUT2D eigenvalue weighted by molar-refractivity contribution is 5.97. The lowest BCUT2D eigenvalue weighted by atomic mass is 10.1. The van der Waals surface area contributed by atoms with Crippen LogP contribution in [0.1, 0.15) is 28.9 Å². The Morgan fingerprint density at radius 3 is 2.46 bits per heavy atom. The number of carbonyl (C=O) groups excluding carboxylic acids is 1. The van der Waals surface area contributed by atoms with Gasteiger partial charge in [-0.15, -0.1) is 0 Å². The van der Waals surface area contributed by atoms with Crippen molar-refractivity contribution in [1.82, 2.24) is 19.7 Å². The van der Waals surface area contributed by atoms with Gasteiger partial charge in [-0.1, -0.05) is 12.1 Å². The molecular formula is C18H18F2N4O2. The summed E-state index contributed by atoms with van der Waals surface area (Å²) >= 11 is 0. The zero-order valence-corrected chi connectivity index (χ0v) is 14.3. The normalized spacial score (nSPS) is 12.2. The molecule has 3 aromatic rings. The number of nitrogens with zero attached hydrogens (tertiary/aromatic N) is 3. The van der Waals surface area contributed by atoms with E-state index in [-0.39, 0.29) is 17.7 Å². The lowest BCUT2D eigenvalue weighted by Gasteiger charge is -2.15. The van der Waals surface area contributed by atoms with Crippen LogP contribution in [0.3, 0.4) is 0 Å². The molecule has 0 bridgehead atoms. The monoisotopic (exact) mass is 360 g/mol. The molecule has 0 aliphatic rings. The second-order valence-electron chi connectivity index (χ2n) is 5.74. The number of carbonyl (C=O) groups is 1. The van der Waals surface area contributed by atoms with Crippen molar-refractivity contribution in [2.24, 2.45) is 7.05 Å². The van der Waals surface area contributed by atoms with E-state index in [0.717, 1.165) is 5.56 Å². The summed E-state index contributed by atoms with van der Waals surface area (Å²) in [6.07, 6.45) is 5.18. The zero-order valence-electron chi connectivity index (χ0n) is 14.3. The summed E-state index contributed by atoms with van der Waals surface area (Å²) in [5, 5.41) is 7.05. The lowest BCUT2D eigenvalue weighted by Crippen LogP contribution is -2.27. The molecule has 0 fully saturated rings. The van der Waals surface area contributed by atoms with Gasteiger partial charge >= 0.3 is 6.61 Å². The second-order valence-corrected chi connectivity index (χ2v) is 5.74. The second kappa shape index (κ2) is 7.38. The number of hydrogen-bond acceptors (Lipinski definition) is 3. The molecular weight excluding hydrogens is 342 g/mol. The van der Waals surface area contributed by atoms with Crippen LogP contribution in [0.15, 0.2) is 55.0 Å². The minimum absolute atomic E-state index is 0.0735. The van der Waals surface area contributed by atoms with Gasteiger partial charge in [0.2, 0.25) is 0 Å². The van der Waals surface area contributed by atoms with Crippen LogP contribution in [-0.2, 0) is 7.05 Å². The quantitative estimate of drug-likeness (QED) is 0.734. The van der Waals surface area contributed by atoms with E-state index in [0.29, 0.717) is 11.4 Å². The van der Waals surface area contributed by atoms with E-state index in [1.807, 2.05) is 36.0 Å². The maximum Gasteiger partial charge on any atom is 0.387 e. The van der Waals surface area contributed by atoms with Crippen molar-refractivity contribution in [1.29, 1.82) is 0 Å². The number of alkyl halides is 2. The maximum atomic E-state index is 12.7. The maximum absolute atomic E-state index is 12.7. The summed E-state index contributed by atoms with van der Waals surface area (Å²) < 4.78 is 32.2. The van der Waals surface area contributed by atoms with Crippen molar-refractivity contribution < 1.29 is 18.3 Å². The molecule has 0 spiro atoms. The van der Waals surface area contributed by atoms with Crippen molar-refractivity contribution in [3.63, 3.8) is 0 Å². The van der Waals surface area contributed by atoms with Crippen molar-refractivity contribution in [3.05, 3.63) is 66.1 Å². The average Bonchev–Trinajstić information content (AvgIpc) is 3.23. The van der Waals surface area contributed by atoms with E-state index in [4.69, 9.17) is 0 Å². The number of amides is 1. The van der Waals surface area contributed by atoms with Gasteiger partial charge in [-0.2, -0.15) is 13.9 Å². The summed E-state index contributed by atoms with van der Waals surface area (Å²) in [5.41, 5.74) is 1.21. The average molecular weight is 360 g/mol. The fourth-order valence-corrected chi connectivity index (χ4v) is 2.67. The van der Waals surface area contributed by atoms with Crippen molar-refractivity contribution in [2.75, 3.05) is 0 Å². The van der Waals surface area contributed by atoms with Gasteiger partial charge in [0.15, 0.2) is 0 Å². The lowest BCUT2D eigenvalue weighted by molar-refractivity contribution is -0.0498. The van der Waals surface area contributed by atoms with Gasteiger partial charge in [0.05, 0.1) is 12.2 Å². The molecule has 1 atom stereocenters. The molecule has 2 aromatic heterocycles. The number of ether oxygens (including phenoxy) is 1.